The average molecular weight is 338 g/mol. The summed E-state index contributed by atoms with van der Waals surface area (Å²) in [5, 5.41) is 9.74. The summed E-state index contributed by atoms with van der Waals surface area (Å²) in [5.41, 5.74) is 1.32. The minimum absolute atomic E-state index is 0. The highest BCUT2D eigenvalue weighted by Crippen LogP contribution is 2.40. The molecule has 23 heavy (non-hydrogen) atoms. The van der Waals surface area contributed by atoms with Crippen LogP contribution in [0.3, 0.4) is 0 Å². The number of carboxylic acid groups (broad SMARTS) is 1. The Labute approximate surface area is 143 Å². The highest BCUT2D eigenvalue weighted by molar-refractivity contribution is 5.85. The Morgan fingerprint density at radius 3 is 2.09 bits per heavy atom. The minimum Gasteiger partial charge on any atom is -0.481 e. The maximum Gasteiger partial charge on any atom is 0.314 e. The van der Waals surface area contributed by atoms with Crippen LogP contribution in [0.15, 0.2) is 24.3 Å². The molecule has 1 aliphatic heterocycles. The van der Waals surface area contributed by atoms with Crippen LogP contribution in [0, 0.1) is 0 Å². The first kappa shape index (κ1) is 17.8. The van der Waals surface area contributed by atoms with Crippen LogP contribution in [0.25, 0.3) is 0 Å². The van der Waals surface area contributed by atoms with Gasteiger partial charge in [0.2, 0.25) is 0 Å². The SMILES string of the molecule is Cl.O=C1CCN(c2ccc(C3(C(=O)O)CCCCC3)cc2)CC1. The molecule has 126 valence electrons. The Morgan fingerprint density at radius 1 is 1.00 bits per heavy atom. The van der Waals surface area contributed by atoms with E-state index in [0.29, 0.717) is 18.6 Å². The maximum atomic E-state index is 11.9. The number of Topliss-reactive ketones (excluding diaryl/α,β-unsaturated/α-hetero) is 1. The third-order valence-electron chi connectivity index (χ3n) is 5.22. The molecule has 1 heterocycles. The van der Waals surface area contributed by atoms with Crippen LogP contribution in [0.1, 0.15) is 50.5 Å². The fraction of sp³-hybridized carbons (Fsp3) is 0.556. The van der Waals surface area contributed by atoms with Gasteiger partial charge in [-0.1, -0.05) is 31.4 Å². The number of aliphatic carboxylic acids is 1. The van der Waals surface area contributed by atoms with Crippen LogP contribution < -0.4 is 4.90 Å². The van der Waals surface area contributed by atoms with E-state index in [0.717, 1.165) is 56.4 Å². The number of carbonyl (C=O) groups is 2. The number of carboxylic acids is 1. The fourth-order valence-corrected chi connectivity index (χ4v) is 3.79. The predicted octanol–water partition coefficient (Wildman–Crippen LogP) is 3.56. The van der Waals surface area contributed by atoms with Crippen LogP contribution in [0.4, 0.5) is 5.69 Å². The summed E-state index contributed by atoms with van der Waals surface area (Å²) >= 11 is 0. The van der Waals surface area contributed by atoms with Crippen molar-refractivity contribution in [2.45, 2.75) is 50.4 Å². The Balaban J connectivity index is 0.00000192. The van der Waals surface area contributed by atoms with Crippen molar-refractivity contribution in [3.05, 3.63) is 29.8 Å². The van der Waals surface area contributed by atoms with E-state index in [9.17, 15) is 14.7 Å². The lowest BCUT2D eigenvalue weighted by Gasteiger charge is -2.34. The Bertz CT molecular complexity index is 554. The van der Waals surface area contributed by atoms with Gasteiger partial charge in [0, 0.05) is 31.6 Å². The summed E-state index contributed by atoms with van der Waals surface area (Å²) in [6.45, 7) is 1.53. The highest BCUT2D eigenvalue weighted by atomic mass is 35.5. The summed E-state index contributed by atoms with van der Waals surface area (Å²) in [4.78, 5) is 25.4. The van der Waals surface area contributed by atoms with E-state index < -0.39 is 11.4 Å². The molecule has 1 saturated heterocycles. The molecule has 0 spiro atoms. The van der Waals surface area contributed by atoms with E-state index in [4.69, 9.17) is 0 Å². The molecule has 2 fully saturated rings. The fourth-order valence-electron chi connectivity index (χ4n) is 3.79. The lowest BCUT2D eigenvalue weighted by molar-refractivity contribution is -0.145. The van der Waals surface area contributed by atoms with Crippen LogP contribution >= 0.6 is 12.4 Å². The normalized spacial score (nSPS) is 20.7. The zero-order chi connectivity index (χ0) is 15.6. The minimum atomic E-state index is -0.700. The predicted molar refractivity (Wildman–Crippen MR) is 92.5 cm³/mol. The number of carbonyl (C=O) groups excluding carboxylic acids is 1. The first-order valence-electron chi connectivity index (χ1n) is 8.22. The number of halogens is 1. The molecule has 1 aromatic carbocycles. The molecule has 1 aliphatic carbocycles. The van der Waals surface area contributed by atoms with Crippen molar-refractivity contribution in [1.82, 2.24) is 0 Å². The van der Waals surface area contributed by atoms with Gasteiger partial charge in [0.15, 0.2) is 0 Å². The average Bonchev–Trinajstić information content (AvgIpc) is 2.56. The van der Waals surface area contributed by atoms with Crippen LogP contribution in [-0.2, 0) is 15.0 Å². The van der Waals surface area contributed by atoms with Crippen molar-refractivity contribution in [3.63, 3.8) is 0 Å². The molecule has 0 radical (unpaired) electrons. The van der Waals surface area contributed by atoms with Gasteiger partial charge in [0.25, 0.3) is 0 Å². The Morgan fingerprint density at radius 2 is 1.57 bits per heavy atom. The van der Waals surface area contributed by atoms with Crippen molar-refractivity contribution in [3.8, 4) is 0 Å². The van der Waals surface area contributed by atoms with Crippen molar-refractivity contribution >= 4 is 29.8 Å². The van der Waals surface area contributed by atoms with Gasteiger partial charge >= 0.3 is 5.97 Å². The van der Waals surface area contributed by atoms with Gasteiger partial charge in [-0.15, -0.1) is 12.4 Å². The van der Waals surface area contributed by atoms with E-state index in [1.54, 1.807) is 0 Å². The van der Waals surface area contributed by atoms with Gasteiger partial charge in [0.05, 0.1) is 5.41 Å². The lowest BCUT2D eigenvalue weighted by atomic mass is 9.69. The van der Waals surface area contributed by atoms with Gasteiger partial charge in [-0.2, -0.15) is 0 Å². The quantitative estimate of drug-likeness (QED) is 0.916. The van der Waals surface area contributed by atoms with Gasteiger partial charge in [-0.25, -0.2) is 0 Å². The van der Waals surface area contributed by atoms with Crippen molar-refractivity contribution < 1.29 is 14.7 Å². The summed E-state index contributed by atoms with van der Waals surface area (Å²) in [7, 11) is 0. The Hall–Kier alpha value is -1.55. The van der Waals surface area contributed by atoms with Crippen molar-refractivity contribution in [2.75, 3.05) is 18.0 Å². The number of hydrogen-bond donors (Lipinski definition) is 1. The molecular weight excluding hydrogens is 314 g/mol. The number of nitrogens with zero attached hydrogens (tertiary/aromatic N) is 1. The molecule has 3 rings (SSSR count). The topological polar surface area (TPSA) is 57.6 Å². The summed E-state index contributed by atoms with van der Waals surface area (Å²) in [6, 6.07) is 7.99. The third kappa shape index (κ3) is 3.52. The second-order valence-electron chi connectivity index (χ2n) is 6.52. The zero-order valence-electron chi connectivity index (χ0n) is 13.3. The molecule has 0 unspecified atom stereocenters. The van der Waals surface area contributed by atoms with Crippen molar-refractivity contribution in [1.29, 1.82) is 0 Å². The van der Waals surface area contributed by atoms with E-state index in [-0.39, 0.29) is 12.4 Å². The number of benzene rings is 1. The molecule has 1 saturated carbocycles. The Kier molecular flexibility index (Phi) is 5.69. The third-order valence-corrected chi connectivity index (χ3v) is 5.22. The molecule has 0 aromatic heterocycles. The molecule has 1 N–H and O–H groups in total. The molecule has 0 amide bonds. The highest BCUT2D eigenvalue weighted by Gasteiger charge is 2.41. The van der Waals surface area contributed by atoms with Crippen LogP contribution in [0.5, 0.6) is 0 Å². The maximum absolute atomic E-state index is 11.9. The number of ketones is 1. The van der Waals surface area contributed by atoms with Gasteiger partial charge in [-0.05, 0) is 30.5 Å². The van der Waals surface area contributed by atoms with Crippen LogP contribution in [-0.4, -0.2) is 29.9 Å². The molecule has 0 atom stereocenters. The molecule has 2 aliphatic rings. The zero-order valence-corrected chi connectivity index (χ0v) is 14.1. The van der Waals surface area contributed by atoms with Crippen LogP contribution in [0.2, 0.25) is 0 Å². The number of piperidine rings is 1. The molecule has 0 bridgehead atoms. The summed E-state index contributed by atoms with van der Waals surface area (Å²) in [6.07, 6.45) is 5.81. The number of hydrogen-bond acceptors (Lipinski definition) is 3. The standard InChI is InChI=1S/C18H23NO3.ClH/c20-16-8-12-19(13-9-16)15-6-4-14(5-7-15)18(17(21)22)10-2-1-3-11-18;/h4-7H,1-3,8-13H2,(H,21,22);1H. The smallest absolute Gasteiger partial charge is 0.314 e. The van der Waals surface area contributed by atoms with E-state index in [2.05, 4.69) is 4.90 Å². The lowest BCUT2D eigenvalue weighted by Crippen LogP contribution is -2.38. The molecule has 4 nitrogen and oxygen atoms in total. The summed E-state index contributed by atoms with van der Waals surface area (Å²) < 4.78 is 0. The molecular formula is C18H24ClNO3. The van der Waals surface area contributed by atoms with E-state index in [1.165, 1.54) is 0 Å². The van der Waals surface area contributed by atoms with E-state index in [1.807, 2.05) is 24.3 Å². The monoisotopic (exact) mass is 337 g/mol. The molecule has 5 heteroatoms. The second kappa shape index (κ2) is 7.35. The summed E-state index contributed by atoms with van der Waals surface area (Å²) in [5.74, 6) is -0.358. The molecule has 1 aromatic rings. The first-order chi connectivity index (χ1) is 10.6. The first-order valence-corrected chi connectivity index (χ1v) is 8.22. The van der Waals surface area contributed by atoms with Gasteiger partial charge in [0.1, 0.15) is 5.78 Å². The number of rotatable bonds is 3. The second-order valence-corrected chi connectivity index (χ2v) is 6.52. The van der Waals surface area contributed by atoms with Crippen molar-refractivity contribution in [2.24, 2.45) is 0 Å². The number of anilines is 1. The van der Waals surface area contributed by atoms with Gasteiger partial charge < -0.3 is 10.0 Å². The largest absolute Gasteiger partial charge is 0.481 e. The van der Waals surface area contributed by atoms with Gasteiger partial charge in [-0.3, -0.25) is 9.59 Å². The van der Waals surface area contributed by atoms with E-state index >= 15 is 0 Å².